The molecule has 1 aromatic heterocycles. The van der Waals surface area contributed by atoms with Gasteiger partial charge in [-0.25, -0.2) is 4.79 Å². The highest BCUT2D eigenvalue weighted by molar-refractivity contribution is 5.90. The average Bonchev–Trinajstić information content (AvgIpc) is 2.71. The Labute approximate surface area is 169 Å². The average molecular weight is 393 g/mol. The Morgan fingerprint density at radius 1 is 1.03 bits per heavy atom. The Morgan fingerprint density at radius 2 is 1.79 bits per heavy atom. The number of nitrogens with zero attached hydrogens (tertiary/aromatic N) is 1. The molecule has 0 unspecified atom stereocenters. The number of benzene rings is 2. The van der Waals surface area contributed by atoms with Crippen LogP contribution in [0, 0.1) is 6.92 Å². The van der Waals surface area contributed by atoms with Gasteiger partial charge < -0.3 is 18.8 Å². The standard InChI is InChI=1S/C23H23NO5/c1-16-11-18(9-10-20(16)24(2)3)23(26)29-14-19-12-21(25)22(15-27-19)28-13-17-7-5-4-6-8-17/h4-12,15H,13-14H2,1-3H3. The molecule has 0 amide bonds. The van der Waals surface area contributed by atoms with Gasteiger partial charge in [-0.2, -0.15) is 0 Å². The lowest BCUT2D eigenvalue weighted by Crippen LogP contribution is -2.12. The number of rotatable bonds is 7. The molecular formula is C23H23NO5. The molecule has 0 radical (unpaired) electrons. The first-order chi connectivity index (χ1) is 13.9. The molecule has 0 bridgehead atoms. The Morgan fingerprint density at radius 3 is 2.45 bits per heavy atom. The van der Waals surface area contributed by atoms with Crippen LogP contribution in [0.25, 0.3) is 0 Å². The maximum absolute atomic E-state index is 12.3. The van der Waals surface area contributed by atoms with E-state index in [2.05, 4.69) is 0 Å². The molecule has 0 spiro atoms. The minimum Gasteiger partial charge on any atom is -0.482 e. The molecule has 0 aliphatic heterocycles. The van der Waals surface area contributed by atoms with Crippen molar-refractivity contribution < 1.29 is 18.7 Å². The van der Waals surface area contributed by atoms with Gasteiger partial charge in [0.2, 0.25) is 11.2 Å². The van der Waals surface area contributed by atoms with Crippen LogP contribution >= 0.6 is 0 Å². The van der Waals surface area contributed by atoms with Crippen LogP contribution in [0.5, 0.6) is 5.75 Å². The smallest absolute Gasteiger partial charge is 0.338 e. The Bertz CT molecular complexity index is 1040. The number of ether oxygens (including phenoxy) is 2. The van der Waals surface area contributed by atoms with E-state index in [4.69, 9.17) is 13.9 Å². The fourth-order valence-corrected chi connectivity index (χ4v) is 2.86. The van der Waals surface area contributed by atoms with E-state index in [-0.39, 0.29) is 30.2 Å². The van der Waals surface area contributed by atoms with Crippen molar-refractivity contribution in [2.24, 2.45) is 0 Å². The molecule has 150 valence electrons. The zero-order chi connectivity index (χ0) is 20.8. The van der Waals surface area contributed by atoms with Crippen LogP contribution in [-0.4, -0.2) is 20.1 Å². The summed E-state index contributed by atoms with van der Waals surface area (Å²) in [6, 6.07) is 16.1. The predicted molar refractivity (Wildman–Crippen MR) is 110 cm³/mol. The number of hydrogen-bond acceptors (Lipinski definition) is 6. The number of aryl methyl sites for hydroxylation is 1. The van der Waals surface area contributed by atoms with E-state index in [1.54, 1.807) is 12.1 Å². The molecule has 6 heteroatoms. The van der Waals surface area contributed by atoms with Crippen LogP contribution in [0.2, 0.25) is 0 Å². The largest absolute Gasteiger partial charge is 0.482 e. The molecule has 2 aromatic carbocycles. The molecule has 0 aliphatic rings. The van der Waals surface area contributed by atoms with Crippen molar-refractivity contribution in [1.82, 2.24) is 0 Å². The van der Waals surface area contributed by atoms with E-state index in [0.29, 0.717) is 5.56 Å². The Kier molecular flexibility index (Phi) is 6.34. The van der Waals surface area contributed by atoms with Gasteiger partial charge in [-0.15, -0.1) is 0 Å². The molecule has 0 N–H and O–H groups in total. The van der Waals surface area contributed by atoms with Crippen LogP contribution in [0.4, 0.5) is 5.69 Å². The monoisotopic (exact) mass is 393 g/mol. The maximum Gasteiger partial charge on any atom is 0.338 e. The highest BCUT2D eigenvalue weighted by Gasteiger charge is 2.12. The molecule has 3 rings (SSSR count). The van der Waals surface area contributed by atoms with Gasteiger partial charge in [-0.05, 0) is 36.2 Å². The first-order valence-electron chi connectivity index (χ1n) is 9.17. The minimum absolute atomic E-state index is 0.110. The molecule has 29 heavy (non-hydrogen) atoms. The van der Waals surface area contributed by atoms with Crippen LogP contribution in [0.3, 0.4) is 0 Å². The van der Waals surface area contributed by atoms with Crippen molar-refractivity contribution in [1.29, 1.82) is 0 Å². The number of carbonyl (C=O) groups is 1. The molecule has 3 aromatic rings. The summed E-state index contributed by atoms with van der Waals surface area (Å²) in [5.74, 6) is -0.124. The normalized spacial score (nSPS) is 10.4. The summed E-state index contributed by atoms with van der Waals surface area (Å²) in [4.78, 5) is 26.4. The zero-order valence-electron chi connectivity index (χ0n) is 16.7. The molecule has 0 atom stereocenters. The van der Waals surface area contributed by atoms with E-state index < -0.39 is 5.97 Å². The summed E-state index contributed by atoms with van der Waals surface area (Å²) in [5, 5.41) is 0. The second-order valence-corrected chi connectivity index (χ2v) is 6.82. The van der Waals surface area contributed by atoms with Crippen LogP contribution in [-0.2, 0) is 18.0 Å². The number of hydrogen-bond donors (Lipinski definition) is 0. The third kappa shape index (κ3) is 5.25. The van der Waals surface area contributed by atoms with E-state index in [0.717, 1.165) is 16.8 Å². The molecule has 6 nitrogen and oxygen atoms in total. The molecule has 0 saturated heterocycles. The fraction of sp³-hybridized carbons (Fsp3) is 0.217. The number of anilines is 1. The van der Waals surface area contributed by atoms with Crippen molar-refractivity contribution >= 4 is 11.7 Å². The molecule has 0 fully saturated rings. The third-order valence-electron chi connectivity index (χ3n) is 4.35. The number of esters is 1. The van der Waals surface area contributed by atoms with Gasteiger partial charge in [0.15, 0.2) is 0 Å². The van der Waals surface area contributed by atoms with Crippen LogP contribution in [0.15, 0.2) is 70.1 Å². The molecule has 0 aliphatic carbocycles. The van der Waals surface area contributed by atoms with Gasteiger partial charge in [0, 0.05) is 25.8 Å². The second kappa shape index (κ2) is 9.10. The van der Waals surface area contributed by atoms with Crippen LogP contribution in [0.1, 0.15) is 27.2 Å². The first kappa shape index (κ1) is 20.2. The lowest BCUT2D eigenvalue weighted by Gasteiger charge is -2.16. The third-order valence-corrected chi connectivity index (χ3v) is 4.35. The quantitative estimate of drug-likeness (QED) is 0.566. The Balaban J connectivity index is 1.59. The van der Waals surface area contributed by atoms with E-state index in [9.17, 15) is 9.59 Å². The maximum atomic E-state index is 12.3. The highest BCUT2D eigenvalue weighted by Crippen LogP contribution is 2.20. The zero-order valence-corrected chi connectivity index (χ0v) is 16.7. The van der Waals surface area contributed by atoms with Gasteiger partial charge in [-0.1, -0.05) is 30.3 Å². The second-order valence-electron chi connectivity index (χ2n) is 6.82. The SMILES string of the molecule is Cc1cc(C(=O)OCc2cc(=O)c(OCc3ccccc3)co2)ccc1N(C)C. The lowest BCUT2D eigenvalue weighted by molar-refractivity contribution is 0.0442. The molecule has 0 saturated carbocycles. The topological polar surface area (TPSA) is 69.0 Å². The summed E-state index contributed by atoms with van der Waals surface area (Å²) in [5.41, 5.74) is 3.05. The van der Waals surface area contributed by atoms with Crippen molar-refractivity contribution in [2.45, 2.75) is 20.1 Å². The summed E-state index contributed by atoms with van der Waals surface area (Å²) in [6.07, 6.45) is 1.24. The van der Waals surface area contributed by atoms with Gasteiger partial charge in [0.05, 0.1) is 5.56 Å². The summed E-state index contributed by atoms with van der Waals surface area (Å²) < 4.78 is 16.1. The summed E-state index contributed by atoms with van der Waals surface area (Å²) in [7, 11) is 3.88. The number of carbonyl (C=O) groups excluding carboxylic acids is 1. The predicted octanol–water partition coefficient (Wildman–Crippen LogP) is 3.95. The lowest BCUT2D eigenvalue weighted by atomic mass is 10.1. The van der Waals surface area contributed by atoms with E-state index in [1.165, 1.54) is 12.3 Å². The van der Waals surface area contributed by atoms with E-state index in [1.807, 2.05) is 62.3 Å². The summed E-state index contributed by atoms with van der Waals surface area (Å²) >= 11 is 0. The van der Waals surface area contributed by atoms with Crippen molar-refractivity contribution in [2.75, 3.05) is 19.0 Å². The van der Waals surface area contributed by atoms with Gasteiger partial charge in [-0.3, -0.25) is 4.79 Å². The Hall–Kier alpha value is -3.54. The fourth-order valence-electron chi connectivity index (χ4n) is 2.86. The first-order valence-corrected chi connectivity index (χ1v) is 9.17. The highest BCUT2D eigenvalue weighted by atomic mass is 16.5. The van der Waals surface area contributed by atoms with Crippen molar-refractivity contribution in [3.8, 4) is 5.75 Å². The van der Waals surface area contributed by atoms with Gasteiger partial charge in [0.1, 0.15) is 25.2 Å². The van der Waals surface area contributed by atoms with Gasteiger partial charge >= 0.3 is 5.97 Å². The summed E-state index contributed by atoms with van der Waals surface area (Å²) in [6.45, 7) is 2.06. The van der Waals surface area contributed by atoms with Crippen molar-refractivity contribution in [3.05, 3.63) is 93.5 Å². The minimum atomic E-state index is -0.481. The molecule has 1 heterocycles. The van der Waals surface area contributed by atoms with Crippen molar-refractivity contribution in [3.63, 3.8) is 0 Å². The molecular weight excluding hydrogens is 370 g/mol. The van der Waals surface area contributed by atoms with E-state index >= 15 is 0 Å². The van der Waals surface area contributed by atoms with Crippen LogP contribution < -0.4 is 15.1 Å². The van der Waals surface area contributed by atoms with Gasteiger partial charge in [0.25, 0.3) is 0 Å².